The number of nitrogens with zero attached hydrogens (tertiary/aromatic N) is 3. The van der Waals surface area contributed by atoms with Crippen molar-refractivity contribution in [2.75, 3.05) is 44.2 Å². The van der Waals surface area contributed by atoms with E-state index in [-0.39, 0.29) is 11.8 Å². The first-order valence-corrected chi connectivity index (χ1v) is 13.0. The van der Waals surface area contributed by atoms with Crippen molar-refractivity contribution in [2.45, 2.75) is 22.6 Å². The molecule has 0 aliphatic carbocycles. The Bertz CT molecular complexity index is 1110. The van der Waals surface area contributed by atoms with E-state index in [9.17, 15) is 19.9 Å². The number of carboxylic acids is 1. The minimum Gasteiger partial charge on any atom is -0.481 e. The van der Waals surface area contributed by atoms with Crippen LogP contribution in [0.25, 0.3) is 6.08 Å². The highest BCUT2D eigenvalue weighted by Gasteiger charge is 2.24. The molecule has 0 spiro atoms. The molecule has 1 amide bonds. The molecule has 10 heteroatoms. The van der Waals surface area contributed by atoms with Gasteiger partial charge in [-0.15, -0.1) is 0 Å². The lowest BCUT2D eigenvalue weighted by atomic mass is 9.97. The summed E-state index contributed by atoms with van der Waals surface area (Å²) in [5, 5.41) is 20.7. The lowest BCUT2D eigenvalue weighted by Crippen LogP contribution is -2.46. The first-order chi connectivity index (χ1) is 16.8. The van der Waals surface area contributed by atoms with Crippen LogP contribution in [0.15, 0.2) is 52.3 Å². The molecular weight excluding hydrogens is 509 g/mol. The second-order valence-electron chi connectivity index (χ2n) is 8.59. The number of hydroxylamine groups is 2. The van der Waals surface area contributed by atoms with Crippen LogP contribution < -0.4 is 4.90 Å². The highest BCUT2D eigenvalue weighted by atomic mass is 35.5. The SMILES string of the molecule is O=C(O)C1CCN(c2cccc(Sc3ccc(/C=C/C(=O)N4CCN(O)CC4)c(Cl)c3Cl)c2)CC1. The zero-order valence-electron chi connectivity index (χ0n) is 19.1. The molecule has 2 aliphatic heterocycles. The molecule has 0 saturated carbocycles. The number of carboxylic acid groups (broad SMARTS) is 1. The third kappa shape index (κ3) is 6.51. The van der Waals surface area contributed by atoms with Crippen molar-refractivity contribution in [3.05, 3.63) is 58.1 Å². The molecule has 7 nitrogen and oxygen atoms in total. The number of carbonyl (C=O) groups excluding carboxylic acids is 1. The third-order valence-electron chi connectivity index (χ3n) is 6.30. The number of aliphatic carboxylic acids is 1. The average Bonchev–Trinajstić information content (AvgIpc) is 2.87. The summed E-state index contributed by atoms with van der Waals surface area (Å²) < 4.78 is 0. The van der Waals surface area contributed by atoms with Crippen LogP contribution in [0.2, 0.25) is 10.0 Å². The Morgan fingerprint density at radius 1 is 0.971 bits per heavy atom. The number of carbonyl (C=O) groups is 2. The van der Waals surface area contributed by atoms with Crippen LogP contribution in [0.4, 0.5) is 5.69 Å². The van der Waals surface area contributed by atoms with Crippen LogP contribution in [0.3, 0.4) is 0 Å². The lowest BCUT2D eigenvalue weighted by molar-refractivity contribution is -0.143. The van der Waals surface area contributed by atoms with E-state index in [0.717, 1.165) is 15.5 Å². The molecule has 2 saturated heterocycles. The predicted molar refractivity (Wildman–Crippen MR) is 139 cm³/mol. The van der Waals surface area contributed by atoms with Crippen LogP contribution in [0.5, 0.6) is 0 Å². The Kier molecular flexibility index (Phi) is 8.62. The molecule has 2 aromatic rings. The van der Waals surface area contributed by atoms with Crippen LogP contribution in [0, 0.1) is 5.92 Å². The van der Waals surface area contributed by atoms with E-state index in [1.165, 1.54) is 22.9 Å². The molecule has 2 aliphatic rings. The summed E-state index contributed by atoms with van der Waals surface area (Å²) in [7, 11) is 0. The van der Waals surface area contributed by atoms with Crippen molar-refractivity contribution in [1.29, 1.82) is 0 Å². The smallest absolute Gasteiger partial charge is 0.306 e. The lowest BCUT2D eigenvalue weighted by Gasteiger charge is -2.32. The maximum Gasteiger partial charge on any atom is 0.306 e. The van der Waals surface area contributed by atoms with Crippen molar-refractivity contribution < 1.29 is 19.9 Å². The van der Waals surface area contributed by atoms with Gasteiger partial charge in [0.2, 0.25) is 5.91 Å². The number of amides is 1. The van der Waals surface area contributed by atoms with Gasteiger partial charge in [0.05, 0.1) is 16.0 Å². The Morgan fingerprint density at radius 2 is 1.69 bits per heavy atom. The van der Waals surface area contributed by atoms with Crippen LogP contribution in [-0.2, 0) is 9.59 Å². The molecule has 0 radical (unpaired) electrons. The molecule has 0 aromatic heterocycles. The van der Waals surface area contributed by atoms with Gasteiger partial charge in [0.1, 0.15) is 0 Å². The molecule has 2 heterocycles. The summed E-state index contributed by atoms with van der Waals surface area (Å²) in [5.74, 6) is -1.11. The summed E-state index contributed by atoms with van der Waals surface area (Å²) in [6.45, 7) is 3.24. The highest BCUT2D eigenvalue weighted by molar-refractivity contribution is 7.99. The Labute approximate surface area is 218 Å². The van der Waals surface area contributed by atoms with Crippen molar-refractivity contribution in [3.63, 3.8) is 0 Å². The number of benzene rings is 2. The molecule has 2 N–H and O–H groups in total. The van der Waals surface area contributed by atoms with Crippen LogP contribution in [0.1, 0.15) is 18.4 Å². The highest BCUT2D eigenvalue weighted by Crippen LogP contribution is 2.40. The molecular formula is C25H27Cl2N3O4S. The Balaban J connectivity index is 1.41. The van der Waals surface area contributed by atoms with E-state index in [4.69, 9.17) is 23.2 Å². The zero-order valence-corrected chi connectivity index (χ0v) is 21.4. The molecule has 0 bridgehead atoms. The summed E-state index contributed by atoms with van der Waals surface area (Å²) in [6, 6.07) is 11.8. The molecule has 2 fully saturated rings. The molecule has 0 unspecified atom stereocenters. The van der Waals surface area contributed by atoms with E-state index in [1.54, 1.807) is 11.0 Å². The molecule has 2 aromatic carbocycles. The number of hydrogen-bond donors (Lipinski definition) is 2. The number of halogens is 2. The zero-order chi connectivity index (χ0) is 24.9. The first-order valence-electron chi connectivity index (χ1n) is 11.5. The second-order valence-corrected chi connectivity index (χ2v) is 10.5. The molecule has 35 heavy (non-hydrogen) atoms. The predicted octanol–water partition coefficient (Wildman–Crippen LogP) is 4.99. The normalized spacial score (nSPS) is 17.8. The van der Waals surface area contributed by atoms with Gasteiger partial charge in [-0.1, -0.05) is 47.1 Å². The van der Waals surface area contributed by atoms with Gasteiger partial charge < -0.3 is 20.1 Å². The topological polar surface area (TPSA) is 84.3 Å². The third-order valence-corrected chi connectivity index (χ3v) is 8.36. The summed E-state index contributed by atoms with van der Waals surface area (Å²) in [5.41, 5.74) is 1.71. The van der Waals surface area contributed by atoms with Crippen molar-refractivity contribution in [2.24, 2.45) is 5.92 Å². The maximum atomic E-state index is 12.4. The molecule has 4 rings (SSSR count). The average molecular weight is 536 g/mol. The van der Waals surface area contributed by atoms with Crippen LogP contribution >= 0.6 is 35.0 Å². The van der Waals surface area contributed by atoms with E-state index in [1.807, 2.05) is 30.3 Å². The monoisotopic (exact) mass is 535 g/mol. The number of piperazine rings is 1. The second kappa shape index (κ2) is 11.7. The van der Waals surface area contributed by atoms with Gasteiger partial charge in [-0.2, -0.15) is 5.06 Å². The summed E-state index contributed by atoms with van der Waals surface area (Å²) in [4.78, 5) is 29.3. The van der Waals surface area contributed by atoms with Gasteiger partial charge >= 0.3 is 5.97 Å². The number of anilines is 1. The van der Waals surface area contributed by atoms with E-state index < -0.39 is 5.97 Å². The van der Waals surface area contributed by atoms with Crippen LogP contribution in [-0.4, -0.2) is 71.4 Å². The largest absolute Gasteiger partial charge is 0.481 e. The minimum atomic E-state index is -0.715. The number of hydrogen-bond acceptors (Lipinski definition) is 6. The van der Waals surface area contributed by atoms with Gasteiger partial charge in [0, 0.05) is 60.8 Å². The van der Waals surface area contributed by atoms with Gasteiger partial charge in [-0.05, 0) is 48.7 Å². The minimum absolute atomic E-state index is 0.132. The molecule has 0 atom stereocenters. The van der Waals surface area contributed by atoms with Crippen molar-refractivity contribution in [1.82, 2.24) is 9.96 Å². The quantitative estimate of drug-likeness (QED) is 0.504. The fourth-order valence-electron chi connectivity index (χ4n) is 4.19. The van der Waals surface area contributed by atoms with E-state index in [2.05, 4.69) is 11.0 Å². The Hall–Kier alpha value is -2.23. The van der Waals surface area contributed by atoms with Gasteiger partial charge in [-0.3, -0.25) is 9.59 Å². The fraction of sp³-hybridized carbons (Fsp3) is 0.360. The molecule has 186 valence electrons. The van der Waals surface area contributed by atoms with Gasteiger partial charge in [-0.25, -0.2) is 0 Å². The van der Waals surface area contributed by atoms with E-state index in [0.29, 0.717) is 67.7 Å². The number of piperidine rings is 1. The van der Waals surface area contributed by atoms with Gasteiger partial charge in [0.15, 0.2) is 0 Å². The van der Waals surface area contributed by atoms with Gasteiger partial charge in [0.25, 0.3) is 0 Å². The summed E-state index contributed by atoms with van der Waals surface area (Å²) in [6.07, 6.45) is 4.43. The first kappa shape index (κ1) is 25.9. The van der Waals surface area contributed by atoms with Crippen molar-refractivity contribution >= 4 is 58.6 Å². The standard InChI is InChI=1S/C25H27Cl2N3O4S/c26-23-17(5-7-22(31)29-12-14-30(34)15-13-29)4-6-21(24(23)27)35-20-3-1-2-19(16-20)28-10-8-18(9-11-28)25(32)33/h1-7,16,18,34H,8-15H2,(H,32,33)/b7-5+. The fourth-order valence-corrected chi connectivity index (χ4v) is 5.67. The number of rotatable bonds is 6. The maximum absolute atomic E-state index is 12.4. The van der Waals surface area contributed by atoms with E-state index >= 15 is 0 Å². The Morgan fingerprint density at radius 3 is 2.37 bits per heavy atom. The summed E-state index contributed by atoms with van der Waals surface area (Å²) >= 11 is 14.6. The van der Waals surface area contributed by atoms with Crippen molar-refractivity contribution in [3.8, 4) is 0 Å².